The van der Waals surface area contributed by atoms with Gasteiger partial charge < -0.3 is 9.47 Å². The van der Waals surface area contributed by atoms with Gasteiger partial charge in [-0.1, -0.05) is 41.4 Å². The van der Waals surface area contributed by atoms with Gasteiger partial charge in [0.2, 0.25) is 0 Å². The monoisotopic (exact) mass is 394 g/mol. The lowest BCUT2D eigenvalue weighted by Gasteiger charge is -2.13. The van der Waals surface area contributed by atoms with E-state index in [1.807, 2.05) is 49.4 Å². The van der Waals surface area contributed by atoms with Gasteiger partial charge in [-0.15, -0.1) is 0 Å². The average molecular weight is 395 g/mol. The van der Waals surface area contributed by atoms with Crippen molar-refractivity contribution in [2.75, 3.05) is 12.0 Å². The Morgan fingerprint density at radius 1 is 0.929 bits per heavy atom. The first-order valence-electron chi connectivity index (χ1n) is 9.14. The Morgan fingerprint density at radius 2 is 1.68 bits per heavy atom. The van der Waals surface area contributed by atoms with E-state index in [1.165, 1.54) is 5.56 Å². The van der Waals surface area contributed by atoms with Crippen molar-refractivity contribution in [2.45, 2.75) is 20.5 Å². The molecule has 3 rings (SSSR count). The van der Waals surface area contributed by atoms with Crippen molar-refractivity contribution >= 4 is 23.5 Å². The van der Waals surface area contributed by atoms with Gasteiger partial charge in [0, 0.05) is 5.02 Å². The van der Waals surface area contributed by atoms with Gasteiger partial charge in [0.1, 0.15) is 6.61 Å². The van der Waals surface area contributed by atoms with Gasteiger partial charge in [0.05, 0.1) is 18.5 Å². The van der Waals surface area contributed by atoms with Gasteiger partial charge >= 0.3 is 0 Å². The number of hydrogen-bond donors (Lipinski definition) is 1. The largest absolute Gasteiger partial charge is 0.490 e. The van der Waals surface area contributed by atoms with Gasteiger partial charge in [-0.3, -0.25) is 5.43 Å². The number of aryl methyl sites for hydroxylation is 1. The van der Waals surface area contributed by atoms with Crippen LogP contribution < -0.4 is 14.9 Å². The molecule has 0 amide bonds. The highest BCUT2D eigenvalue weighted by atomic mass is 35.5. The minimum atomic E-state index is 0.492. The third-order valence-corrected chi connectivity index (χ3v) is 4.29. The highest BCUT2D eigenvalue weighted by molar-refractivity contribution is 6.30. The first-order valence-corrected chi connectivity index (χ1v) is 9.51. The summed E-state index contributed by atoms with van der Waals surface area (Å²) in [6.45, 7) is 5.07. The van der Waals surface area contributed by atoms with Crippen molar-refractivity contribution in [1.82, 2.24) is 0 Å². The molecule has 0 aliphatic heterocycles. The summed E-state index contributed by atoms with van der Waals surface area (Å²) in [6, 6.07) is 21.4. The quantitative estimate of drug-likeness (QED) is 0.372. The van der Waals surface area contributed by atoms with Crippen LogP contribution in [-0.2, 0) is 6.61 Å². The molecule has 0 heterocycles. The van der Waals surface area contributed by atoms with Crippen LogP contribution in [0, 0.1) is 6.92 Å². The molecular weight excluding hydrogens is 372 g/mol. The van der Waals surface area contributed by atoms with Crippen LogP contribution in [0.15, 0.2) is 71.8 Å². The van der Waals surface area contributed by atoms with E-state index in [-0.39, 0.29) is 0 Å². The zero-order valence-electron chi connectivity index (χ0n) is 16.0. The number of nitrogens with one attached hydrogen (secondary N) is 1. The lowest BCUT2D eigenvalue weighted by Crippen LogP contribution is -2.00. The van der Waals surface area contributed by atoms with Crippen LogP contribution >= 0.6 is 11.6 Å². The summed E-state index contributed by atoms with van der Waals surface area (Å²) in [5.41, 5.74) is 7.10. The van der Waals surface area contributed by atoms with E-state index < -0.39 is 0 Å². The van der Waals surface area contributed by atoms with Gasteiger partial charge in [0.25, 0.3) is 0 Å². The summed E-state index contributed by atoms with van der Waals surface area (Å²) < 4.78 is 11.7. The predicted octanol–water partition coefficient (Wildman–Crippen LogP) is 6.07. The Balaban J connectivity index is 1.66. The highest BCUT2D eigenvalue weighted by Crippen LogP contribution is 2.29. The van der Waals surface area contributed by atoms with Crippen molar-refractivity contribution in [1.29, 1.82) is 0 Å². The summed E-state index contributed by atoms with van der Waals surface area (Å²) >= 11 is 5.88. The molecule has 144 valence electrons. The first kappa shape index (κ1) is 19.8. The summed E-state index contributed by atoms with van der Waals surface area (Å²) in [4.78, 5) is 0. The number of benzene rings is 3. The molecular formula is C23H23ClN2O2. The molecule has 3 aromatic rings. The van der Waals surface area contributed by atoms with E-state index in [2.05, 4.69) is 41.7 Å². The predicted molar refractivity (Wildman–Crippen MR) is 116 cm³/mol. The Labute approximate surface area is 170 Å². The molecule has 1 N–H and O–H groups in total. The second-order valence-electron chi connectivity index (χ2n) is 6.29. The molecule has 28 heavy (non-hydrogen) atoms. The minimum Gasteiger partial charge on any atom is -0.490 e. The fraction of sp³-hybridized carbons (Fsp3) is 0.174. The standard InChI is InChI=1S/C23H23ClN2O2/c1-3-27-23-14-19(15-25-26-21-11-9-20(24)10-12-21)8-13-22(23)28-16-18-6-4-17(2)5-7-18/h4-15,26H,3,16H2,1-2H3/b25-15+. The maximum absolute atomic E-state index is 5.96. The molecule has 0 aromatic heterocycles. The number of hydrogen-bond acceptors (Lipinski definition) is 4. The normalized spacial score (nSPS) is 10.8. The maximum Gasteiger partial charge on any atom is 0.161 e. The van der Waals surface area contributed by atoms with Gasteiger partial charge in [-0.05, 0) is 67.4 Å². The second-order valence-corrected chi connectivity index (χ2v) is 6.73. The molecule has 0 bridgehead atoms. The lowest BCUT2D eigenvalue weighted by molar-refractivity contribution is 0.269. The fourth-order valence-electron chi connectivity index (χ4n) is 2.54. The zero-order chi connectivity index (χ0) is 19.8. The molecule has 0 unspecified atom stereocenters. The Hall–Kier alpha value is -2.98. The Kier molecular flexibility index (Phi) is 6.93. The number of anilines is 1. The minimum absolute atomic E-state index is 0.492. The van der Waals surface area contributed by atoms with Crippen LogP contribution in [-0.4, -0.2) is 12.8 Å². The SMILES string of the molecule is CCOc1cc(/C=N/Nc2ccc(Cl)cc2)ccc1OCc1ccc(C)cc1. The third kappa shape index (κ3) is 5.76. The van der Waals surface area contributed by atoms with Crippen molar-refractivity contribution in [2.24, 2.45) is 5.10 Å². The molecule has 0 saturated carbocycles. The number of ether oxygens (including phenoxy) is 2. The van der Waals surface area contributed by atoms with Crippen LogP contribution in [0.4, 0.5) is 5.69 Å². The molecule has 0 aliphatic rings. The lowest BCUT2D eigenvalue weighted by atomic mass is 10.2. The molecule has 0 saturated heterocycles. The van der Waals surface area contributed by atoms with Gasteiger partial charge in [-0.25, -0.2) is 0 Å². The van der Waals surface area contributed by atoms with Crippen molar-refractivity contribution < 1.29 is 9.47 Å². The van der Waals surface area contributed by atoms with Crippen molar-refractivity contribution in [3.8, 4) is 11.5 Å². The van der Waals surface area contributed by atoms with Crippen LogP contribution in [0.3, 0.4) is 0 Å². The van der Waals surface area contributed by atoms with Crippen molar-refractivity contribution in [3.05, 3.63) is 88.4 Å². The van der Waals surface area contributed by atoms with Crippen LogP contribution in [0.25, 0.3) is 0 Å². The summed E-state index contributed by atoms with van der Waals surface area (Å²) in [7, 11) is 0. The molecule has 5 heteroatoms. The first-order chi connectivity index (χ1) is 13.6. The second kappa shape index (κ2) is 9.81. The molecule has 3 aromatic carbocycles. The van der Waals surface area contributed by atoms with Crippen LogP contribution in [0.5, 0.6) is 11.5 Å². The van der Waals surface area contributed by atoms with E-state index in [0.717, 1.165) is 16.8 Å². The number of nitrogens with zero attached hydrogens (tertiary/aromatic N) is 1. The fourth-order valence-corrected chi connectivity index (χ4v) is 2.67. The van der Waals surface area contributed by atoms with E-state index in [4.69, 9.17) is 21.1 Å². The van der Waals surface area contributed by atoms with Crippen LogP contribution in [0.2, 0.25) is 5.02 Å². The molecule has 0 spiro atoms. The van der Waals surface area contributed by atoms with E-state index in [9.17, 15) is 0 Å². The van der Waals surface area contributed by atoms with E-state index in [1.54, 1.807) is 6.21 Å². The topological polar surface area (TPSA) is 42.8 Å². The van der Waals surface area contributed by atoms with E-state index >= 15 is 0 Å². The van der Waals surface area contributed by atoms with Gasteiger partial charge in [-0.2, -0.15) is 5.10 Å². The van der Waals surface area contributed by atoms with Crippen molar-refractivity contribution in [3.63, 3.8) is 0 Å². The number of halogens is 1. The van der Waals surface area contributed by atoms with E-state index in [0.29, 0.717) is 29.7 Å². The summed E-state index contributed by atoms with van der Waals surface area (Å²) in [6.07, 6.45) is 1.74. The molecule has 0 aliphatic carbocycles. The molecule has 0 radical (unpaired) electrons. The zero-order valence-corrected chi connectivity index (χ0v) is 16.7. The van der Waals surface area contributed by atoms with Gasteiger partial charge in [0.15, 0.2) is 11.5 Å². The number of hydrazone groups is 1. The Morgan fingerprint density at radius 3 is 2.39 bits per heavy atom. The Bertz CT molecular complexity index is 922. The summed E-state index contributed by atoms with van der Waals surface area (Å²) in [5.74, 6) is 1.41. The van der Waals surface area contributed by atoms with Crippen LogP contribution in [0.1, 0.15) is 23.6 Å². The third-order valence-electron chi connectivity index (χ3n) is 4.03. The molecule has 4 nitrogen and oxygen atoms in total. The molecule has 0 fully saturated rings. The number of rotatable bonds is 8. The molecule has 0 atom stereocenters. The summed E-state index contributed by atoms with van der Waals surface area (Å²) in [5, 5.41) is 4.95. The smallest absolute Gasteiger partial charge is 0.161 e. The maximum atomic E-state index is 5.96. The highest BCUT2D eigenvalue weighted by Gasteiger charge is 2.06. The average Bonchev–Trinajstić information content (AvgIpc) is 2.70.